The SMILES string of the molecule is CC(C(=O)O)C(C)C(=O)NCC1(C)CCCC1. The minimum absolute atomic E-state index is 0.145. The van der Waals surface area contributed by atoms with Crippen LogP contribution < -0.4 is 5.32 Å². The maximum atomic E-state index is 11.8. The second-order valence-electron chi connectivity index (χ2n) is 5.65. The van der Waals surface area contributed by atoms with Gasteiger partial charge < -0.3 is 10.4 Å². The third-order valence-corrected chi connectivity index (χ3v) is 4.05. The van der Waals surface area contributed by atoms with Gasteiger partial charge in [-0.1, -0.05) is 33.6 Å². The fraction of sp³-hybridized carbons (Fsp3) is 0.846. The molecular weight excluding hydrogens is 218 g/mol. The van der Waals surface area contributed by atoms with Crippen LogP contribution in [0.1, 0.15) is 46.5 Å². The second kappa shape index (κ2) is 5.52. The average molecular weight is 241 g/mol. The zero-order valence-electron chi connectivity index (χ0n) is 11.0. The Balaban J connectivity index is 2.41. The lowest BCUT2D eigenvalue weighted by molar-refractivity contribution is -0.146. The number of hydrogen-bond acceptors (Lipinski definition) is 2. The van der Waals surface area contributed by atoms with E-state index < -0.39 is 17.8 Å². The molecule has 98 valence electrons. The molecule has 17 heavy (non-hydrogen) atoms. The highest BCUT2D eigenvalue weighted by Gasteiger charge is 2.31. The van der Waals surface area contributed by atoms with Gasteiger partial charge in [-0.3, -0.25) is 9.59 Å². The van der Waals surface area contributed by atoms with Crippen LogP contribution in [0.25, 0.3) is 0 Å². The Morgan fingerprint density at radius 2 is 1.76 bits per heavy atom. The molecule has 0 aromatic heterocycles. The van der Waals surface area contributed by atoms with Gasteiger partial charge in [0, 0.05) is 12.5 Å². The fourth-order valence-electron chi connectivity index (χ4n) is 2.31. The summed E-state index contributed by atoms with van der Waals surface area (Å²) in [6.45, 7) is 6.10. The van der Waals surface area contributed by atoms with Gasteiger partial charge in [0.25, 0.3) is 0 Å². The van der Waals surface area contributed by atoms with Gasteiger partial charge in [-0.15, -0.1) is 0 Å². The summed E-state index contributed by atoms with van der Waals surface area (Å²) >= 11 is 0. The zero-order valence-corrected chi connectivity index (χ0v) is 11.0. The van der Waals surface area contributed by atoms with E-state index in [0.29, 0.717) is 6.54 Å². The Morgan fingerprint density at radius 1 is 1.24 bits per heavy atom. The lowest BCUT2D eigenvalue weighted by atomic mass is 9.88. The van der Waals surface area contributed by atoms with E-state index in [1.165, 1.54) is 12.8 Å². The monoisotopic (exact) mass is 241 g/mol. The van der Waals surface area contributed by atoms with Gasteiger partial charge in [0.1, 0.15) is 0 Å². The highest BCUT2D eigenvalue weighted by Crippen LogP contribution is 2.36. The van der Waals surface area contributed by atoms with E-state index in [2.05, 4.69) is 12.2 Å². The van der Waals surface area contributed by atoms with Gasteiger partial charge in [-0.2, -0.15) is 0 Å². The van der Waals surface area contributed by atoms with Crippen molar-refractivity contribution in [3.63, 3.8) is 0 Å². The first-order valence-corrected chi connectivity index (χ1v) is 6.36. The summed E-state index contributed by atoms with van der Waals surface area (Å²) in [4.78, 5) is 22.6. The maximum Gasteiger partial charge on any atom is 0.307 e. The van der Waals surface area contributed by atoms with E-state index in [4.69, 9.17) is 5.11 Å². The molecule has 0 aromatic carbocycles. The van der Waals surface area contributed by atoms with Crippen LogP contribution in [-0.2, 0) is 9.59 Å². The first kappa shape index (κ1) is 14.0. The van der Waals surface area contributed by atoms with Gasteiger partial charge in [-0.25, -0.2) is 0 Å². The minimum atomic E-state index is -0.917. The highest BCUT2D eigenvalue weighted by atomic mass is 16.4. The van der Waals surface area contributed by atoms with Crippen molar-refractivity contribution in [2.75, 3.05) is 6.54 Å². The molecule has 4 nitrogen and oxygen atoms in total. The normalized spacial score (nSPS) is 21.8. The Kier molecular flexibility index (Phi) is 4.54. The molecular formula is C13H23NO3. The molecule has 0 aliphatic heterocycles. The molecule has 2 atom stereocenters. The smallest absolute Gasteiger partial charge is 0.307 e. The van der Waals surface area contributed by atoms with Crippen molar-refractivity contribution >= 4 is 11.9 Å². The Morgan fingerprint density at radius 3 is 2.24 bits per heavy atom. The van der Waals surface area contributed by atoms with Crippen LogP contribution in [0.2, 0.25) is 0 Å². The first-order valence-electron chi connectivity index (χ1n) is 6.36. The van der Waals surface area contributed by atoms with E-state index in [0.717, 1.165) is 12.8 Å². The molecule has 0 spiro atoms. The van der Waals surface area contributed by atoms with Gasteiger partial charge in [0.2, 0.25) is 5.91 Å². The number of hydrogen-bond donors (Lipinski definition) is 2. The molecule has 0 aromatic rings. The lowest BCUT2D eigenvalue weighted by Crippen LogP contribution is -2.40. The largest absolute Gasteiger partial charge is 0.481 e. The van der Waals surface area contributed by atoms with Crippen molar-refractivity contribution in [2.24, 2.45) is 17.3 Å². The second-order valence-corrected chi connectivity index (χ2v) is 5.65. The molecule has 1 fully saturated rings. The van der Waals surface area contributed by atoms with Crippen LogP contribution in [0.4, 0.5) is 0 Å². The molecule has 1 amide bonds. The van der Waals surface area contributed by atoms with Crippen LogP contribution in [0, 0.1) is 17.3 Å². The quantitative estimate of drug-likeness (QED) is 0.774. The van der Waals surface area contributed by atoms with E-state index in [-0.39, 0.29) is 11.3 Å². The number of carbonyl (C=O) groups is 2. The summed E-state index contributed by atoms with van der Waals surface area (Å²) < 4.78 is 0. The Hall–Kier alpha value is -1.06. The Bertz CT molecular complexity index is 295. The van der Waals surface area contributed by atoms with Gasteiger partial charge in [0.05, 0.1) is 5.92 Å². The van der Waals surface area contributed by atoms with Crippen LogP contribution in [0.3, 0.4) is 0 Å². The van der Waals surface area contributed by atoms with E-state index in [1.807, 2.05) is 0 Å². The summed E-state index contributed by atoms with van der Waals surface area (Å²) in [5, 5.41) is 11.8. The van der Waals surface area contributed by atoms with Gasteiger partial charge in [-0.05, 0) is 18.3 Å². The topological polar surface area (TPSA) is 66.4 Å². The lowest BCUT2D eigenvalue weighted by Gasteiger charge is -2.25. The molecule has 1 rings (SSSR count). The van der Waals surface area contributed by atoms with Crippen LogP contribution in [0.5, 0.6) is 0 Å². The van der Waals surface area contributed by atoms with Gasteiger partial charge >= 0.3 is 5.97 Å². The van der Waals surface area contributed by atoms with Crippen molar-refractivity contribution in [2.45, 2.75) is 46.5 Å². The number of aliphatic carboxylic acids is 1. The third kappa shape index (κ3) is 3.72. The van der Waals surface area contributed by atoms with Crippen molar-refractivity contribution < 1.29 is 14.7 Å². The number of carbonyl (C=O) groups excluding carboxylic acids is 1. The van der Waals surface area contributed by atoms with E-state index in [1.54, 1.807) is 13.8 Å². The van der Waals surface area contributed by atoms with Crippen molar-refractivity contribution in [3.05, 3.63) is 0 Å². The Labute approximate surface area is 103 Å². The first-order chi connectivity index (χ1) is 7.86. The van der Waals surface area contributed by atoms with E-state index in [9.17, 15) is 9.59 Å². The average Bonchev–Trinajstić information content (AvgIpc) is 2.71. The molecule has 0 bridgehead atoms. The van der Waals surface area contributed by atoms with Crippen LogP contribution in [0.15, 0.2) is 0 Å². The predicted octanol–water partition coefficient (Wildman–Crippen LogP) is 2.04. The number of carboxylic acid groups (broad SMARTS) is 1. The fourth-order valence-corrected chi connectivity index (χ4v) is 2.31. The number of amides is 1. The number of nitrogens with one attached hydrogen (secondary N) is 1. The number of carboxylic acids is 1. The number of rotatable bonds is 5. The molecule has 0 saturated heterocycles. The molecule has 0 radical (unpaired) electrons. The predicted molar refractivity (Wildman–Crippen MR) is 65.5 cm³/mol. The van der Waals surface area contributed by atoms with Crippen molar-refractivity contribution in [1.82, 2.24) is 5.32 Å². The van der Waals surface area contributed by atoms with Crippen LogP contribution >= 0.6 is 0 Å². The van der Waals surface area contributed by atoms with E-state index >= 15 is 0 Å². The summed E-state index contributed by atoms with van der Waals surface area (Å²) in [6, 6.07) is 0. The van der Waals surface area contributed by atoms with Crippen LogP contribution in [-0.4, -0.2) is 23.5 Å². The molecule has 2 N–H and O–H groups in total. The molecule has 1 aliphatic carbocycles. The summed E-state index contributed by atoms with van der Waals surface area (Å²) in [5.41, 5.74) is 0.210. The highest BCUT2D eigenvalue weighted by molar-refractivity contribution is 5.84. The summed E-state index contributed by atoms with van der Waals surface area (Å²) in [5.74, 6) is -2.17. The van der Waals surface area contributed by atoms with Gasteiger partial charge in [0.15, 0.2) is 0 Å². The standard InChI is InChI=1S/C13H23NO3/c1-9(10(2)12(16)17)11(15)14-8-13(3)6-4-5-7-13/h9-10H,4-8H2,1-3H3,(H,14,15)(H,16,17). The zero-order chi connectivity index (χ0) is 13.1. The molecule has 2 unspecified atom stereocenters. The molecule has 0 heterocycles. The summed E-state index contributed by atoms with van der Waals surface area (Å²) in [7, 11) is 0. The van der Waals surface area contributed by atoms with Crippen molar-refractivity contribution in [3.8, 4) is 0 Å². The molecule has 1 saturated carbocycles. The van der Waals surface area contributed by atoms with Crippen molar-refractivity contribution in [1.29, 1.82) is 0 Å². The summed E-state index contributed by atoms with van der Waals surface area (Å²) in [6.07, 6.45) is 4.76. The third-order valence-electron chi connectivity index (χ3n) is 4.05. The molecule has 1 aliphatic rings. The maximum absolute atomic E-state index is 11.8. The molecule has 4 heteroatoms. The minimum Gasteiger partial charge on any atom is -0.481 e.